The van der Waals surface area contributed by atoms with Crippen LogP contribution in [0.5, 0.6) is 0 Å². The lowest BCUT2D eigenvalue weighted by Crippen LogP contribution is -2.36. The van der Waals surface area contributed by atoms with E-state index in [1.165, 1.54) is 16.8 Å². The normalized spacial score (nSPS) is 13.3. The molecule has 4 rings (SSSR count). The summed E-state index contributed by atoms with van der Waals surface area (Å²) in [5.74, 6) is -0.200. The fraction of sp³-hybridized carbons (Fsp3) is 0.261. The van der Waals surface area contributed by atoms with Gasteiger partial charge in [0.1, 0.15) is 6.42 Å². The third-order valence-corrected chi connectivity index (χ3v) is 7.46. The maximum Gasteiger partial charge on any atom is 0.283 e. The number of carbonyl (C=O) groups excluding carboxylic acids is 1. The third-order valence-electron chi connectivity index (χ3n) is 5.55. The molecule has 2 heterocycles. The molecule has 0 saturated carbocycles. The molecule has 0 unspecified atom stereocenters. The Morgan fingerprint density at radius 2 is 1.97 bits per heavy atom. The number of rotatable bonds is 6. The summed E-state index contributed by atoms with van der Waals surface area (Å²) in [4.78, 5) is 17.8. The molecule has 0 atom stereocenters. The predicted molar refractivity (Wildman–Crippen MR) is 124 cm³/mol. The van der Waals surface area contributed by atoms with Crippen LogP contribution in [0, 0.1) is 11.3 Å². The molecule has 1 aromatic heterocycles. The Balaban J connectivity index is 1.70. The van der Waals surface area contributed by atoms with E-state index in [2.05, 4.69) is 4.98 Å². The molecule has 0 fully saturated rings. The smallest absolute Gasteiger partial charge is 0.283 e. The predicted octanol–water partition coefficient (Wildman–Crippen LogP) is 3.27. The second kappa shape index (κ2) is 9.25. The van der Waals surface area contributed by atoms with Gasteiger partial charge in [-0.2, -0.15) is 13.7 Å². The first-order valence-corrected chi connectivity index (χ1v) is 12.1. The highest BCUT2D eigenvalue weighted by Crippen LogP contribution is 2.30. The van der Waals surface area contributed by atoms with Gasteiger partial charge in [-0.1, -0.05) is 29.8 Å². The van der Waals surface area contributed by atoms with Crippen LogP contribution >= 0.6 is 11.6 Å². The van der Waals surface area contributed by atoms with Gasteiger partial charge in [-0.3, -0.25) is 9.10 Å². The molecule has 2 aromatic carbocycles. The SMILES string of the molecule is Cn1cnc(S(=O)(=O)N(Cc2ccc(Cl)cc2)c2ccc3c(c2)CCN(C(=O)CC#N)C3)c1. The molecule has 0 saturated heterocycles. The van der Waals surface area contributed by atoms with E-state index in [-0.39, 0.29) is 23.9 Å². The van der Waals surface area contributed by atoms with E-state index in [9.17, 15) is 13.2 Å². The van der Waals surface area contributed by atoms with E-state index in [0.717, 1.165) is 16.7 Å². The van der Waals surface area contributed by atoms with Gasteiger partial charge in [0.15, 0.2) is 5.03 Å². The largest absolute Gasteiger partial charge is 0.339 e. The average molecular weight is 484 g/mol. The first-order chi connectivity index (χ1) is 15.8. The first kappa shape index (κ1) is 22.8. The van der Waals surface area contributed by atoms with Gasteiger partial charge in [-0.05, 0) is 47.4 Å². The minimum absolute atomic E-state index is 0.0371. The van der Waals surface area contributed by atoms with Gasteiger partial charge in [0.2, 0.25) is 5.91 Å². The van der Waals surface area contributed by atoms with E-state index < -0.39 is 10.0 Å². The van der Waals surface area contributed by atoms with Crippen molar-refractivity contribution in [1.29, 1.82) is 5.26 Å². The lowest BCUT2D eigenvalue weighted by atomic mass is 9.98. The third kappa shape index (κ3) is 4.87. The zero-order valence-electron chi connectivity index (χ0n) is 18.0. The van der Waals surface area contributed by atoms with Crippen LogP contribution in [-0.4, -0.2) is 35.3 Å². The zero-order valence-corrected chi connectivity index (χ0v) is 19.6. The first-order valence-electron chi connectivity index (χ1n) is 10.3. The van der Waals surface area contributed by atoms with E-state index >= 15 is 0 Å². The van der Waals surface area contributed by atoms with Gasteiger partial charge in [0.25, 0.3) is 10.0 Å². The number of aryl methyl sites for hydroxylation is 1. The van der Waals surface area contributed by atoms with Crippen LogP contribution < -0.4 is 4.31 Å². The summed E-state index contributed by atoms with van der Waals surface area (Å²) in [5.41, 5.74) is 3.22. The van der Waals surface area contributed by atoms with Gasteiger partial charge in [0.05, 0.1) is 24.6 Å². The molecule has 0 radical (unpaired) electrons. The number of fused-ring (bicyclic) bond motifs is 1. The molecule has 3 aromatic rings. The number of nitrogens with zero attached hydrogens (tertiary/aromatic N) is 5. The van der Waals surface area contributed by atoms with Crippen LogP contribution in [0.4, 0.5) is 5.69 Å². The summed E-state index contributed by atoms with van der Waals surface area (Å²) < 4.78 is 30.0. The second-order valence-corrected chi connectivity index (χ2v) is 10.1. The van der Waals surface area contributed by atoms with Gasteiger partial charge in [0, 0.05) is 31.4 Å². The van der Waals surface area contributed by atoms with E-state index in [1.54, 1.807) is 46.8 Å². The number of amides is 1. The molecular weight excluding hydrogens is 462 g/mol. The Morgan fingerprint density at radius 3 is 2.64 bits per heavy atom. The Morgan fingerprint density at radius 1 is 1.21 bits per heavy atom. The molecule has 170 valence electrons. The average Bonchev–Trinajstić information content (AvgIpc) is 3.25. The number of benzene rings is 2. The zero-order chi connectivity index (χ0) is 23.6. The van der Waals surface area contributed by atoms with E-state index in [4.69, 9.17) is 16.9 Å². The maximum absolute atomic E-state index is 13.5. The number of carbonyl (C=O) groups is 1. The fourth-order valence-corrected chi connectivity index (χ4v) is 5.33. The van der Waals surface area contributed by atoms with Crippen LogP contribution in [0.2, 0.25) is 5.02 Å². The van der Waals surface area contributed by atoms with Crippen LogP contribution in [0.25, 0.3) is 0 Å². The molecule has 33 heavy (non-hydrogen) atoms. The highest BCUT2D eigenvalue weighted by atomic mass is 35.5. The minimum atomic E-state index is -3.93. The Hall–Kier alpha value is -3.35. The number of sulfonamides is 1. The summed E-state index contributed by atoms with van der Waals surface area (Å²) in [6, 6.07) is 14.4. The molecule has 10 heteroatoms. The van der Waals surface area contributed by atoms with Gasteiger partial charge >= 0.3 is 0 Å². The van der Waals surface area contributed by atoms with Gasteiger partial charge < -0.3 is 9.47 Å². The standard InChI is InChI=1S/C23H22ClN5O3S/c1-27-15-22(26-16-27)33(31,32)29(13-17-2-5-20(24)6-3-17)21-7-4-19-14-28(23(30)8-10-25)11-9-18(19)12-21/h2-7,12,15-16H,8-9,11,13-14H2,1H3. The number of hydrogen-bond donors (Lipinski definition) is 0. The van der Waals surface area contributed by atoms with Crippen molar-refractivity contribution in [2.45, 2.75) is 31.0 Å². The van der Waals surface area contributed by atoms with Crippen molar-refractivity contribution in [3.05, 3.63) is 76.7 Å². The monoisotopic (exact) mass is 483 g/mol. The van der Waals surface area contributed by atoms with Crippen LogP contribution in [0.15, 0.2) is 60.0 Å². The highest BCUT2D eigenvalue weighted by molar-refractivity contribution is 7.92. The Kier molecular flexibility index (Phi) is 6.40. The van der Waals surface area contributed by atoms with Crippen molar-refractivity contribution in [2.75, 3.05) is 10.8 Å². The van der Waals surface area contributed by atoms with Crippen molar-refractivity contribution < 1.29 is 13.2 Å². The summed E-state index contributed by atoms with van der Waals surface area (Å²) >= 11 is 6.00. The topological polar surface area (TPSA) is 99.3 Å². The van der Waals surface area contributed by atoms with Crippen molar-refractivity contribution in [1.82, 2.24) is 14.5 Å². The molecule has 8 nitrogen and oxygen atoms in total. The van der Waals surface area contributed by atoms with Crippen molar-refractivity contribution in [3.63, 3.8) is 0 Å². The molecule has 1 aliphatic rings. The summed E-state index contributed by atoms with van der Waals surface area (Å²) in [7, 11) is -2.22. The van der Waals surface area contributed by atoms with Crippen molar-refractivity contribution in [2.24, 2.45) is 7.05 Å². The molecule has 0 aliphatic carbocycles. The molecule has 1 amide bonds. The quantitative estimate of drug-likeness (QED) is 0.535. The minimum Gasteiger partial charge on any atom is -0.339 e. The number of halogens is 1. The number of aromatic nitrogens is 2. The maximum atomic E-state index is 13.5. The summed E-state index contributed by atoms with van der Waals surface area (Å²) in [5, 5.41) is 9.33. The van der Waals surface area contributed by atoms with Gasteiger partial charge in [-0.15, -0.1) is 0 Å². The second-order valence-electron chi connectivity index (χ2n) is 7.87. The van der Waals surface area contributed by atoms with Crippen molar-refractivity contribution >= 4 is 33.2 Å². The molecule has 0 N–H and O–H groups in total. The van der Waals surface area contributed by atoms with E-state index in [1.807, 2.05) is 18.2 Å². The van der Waals surface area contributed by atoms with Crippen LogP contribution in [0.3, 0.4) is 0 Å². The number of imidazole rings is 1. The summed E-state index contributed by atoms with van der Waals surface area (Å²) in [6.07, 6.45) is 3.36. The summed E-state index contributed by atoms with van der Waals surface area (Å²) in [6.45, 7) is 1.00. The lowest BCUT2D eigenvalue weighted by Gasteiger charge is -2.30. The number of hydrogen-bond acceptors (Lipinski definition) is 5. The van der Waals surface area contributed by atoms with Crippen LogP contribution in [-0.2, 0) is 41.4 Å². The molecular formula is C23H22ClN5O3S. The van der Waals surface area contributed by atoms with E-state index in [0.29, 0.717) is 30.2 Å². The number of anilines is 1. The Labute approximate surface area is 197 Å². The molecule has 0 spiro atoms. The van der Waals surface area contributed by atoms with Crippen molar-refractivity contribution in [3.8, 4) is 6.07 Å². The fourth-order valence-electron chi connectivity index (χ4n) is 3.79. The lowest BCUT2D eigenvalue weighted by molar-refractivity contribution is -0.131. The number of nitriles is 1. The Bertz CT molecular complexity index is 1330. The molecule has 0 bridgehead atoms. The highest BCUT2D eigenvalue weighted by Gasteiger charge is 2.29. The van der Waals surface area contributed by atoms with Gasteiger partial charge in [-0.25, -0.2) is 4.98 Å². The van der Waals surface area contributed by atoms with Crippen LogP contribution in [0.1, 0.15) is 23.1 Å². The molecule has 1 aliphatic heterocycles.